The van der Waals surface area contributed by atoms with Crippen LogP contribution >= 0.6 is 0 Å². The summed E-state index contributed by atoms with van der Waals surface area (Å²) in [6.07, 6.45) is 14.0. The molecule has 0 spiro atoms. The topological polar surface area (TPSA) is 65.0 Å². The van der Waals surface area contributed by atoms with Crippen LogP contribution in [0.2, 0.25) is 0 Å². The third kappa shape index (κ3) is 14.6. The van der Waals surface area contributed by atoms with Crippen LogP contribution in [0.4, 0.5) is 0 Å². The van der Waals surface area contributed by atoms with Crippen LogP contribution in [0, 0.1) is 0 Å². The van der Waals surface area contributed by atoms with Crippen molar-refractivity contribution in [3.63, 3.8) is 0 Å². The van der Waals surface area contributed by atoms with Crippen LogP contribution in [0.3, 0.4) is 0 Å². The summed E-state index contributed by atoms with van der Waals surface area (Å²) in [5.41, 5.74) is 6.62. The van der Waals surface area contributed by atoms with E-state index < -0.39 is 0 Å². The molecule has 1 aliphatic rings. The molecule has 296 valence electrons. The van der Waals surface area contributed by atoms with Gasteiger partial charge >= 0.3 is 0 Å². The molecular formula is C55H49N3O2. The summed E-state index contributed by atoms with van der Waals surface area (Å²) in [6.45, 7) is 0. The number of benzene rings is 7. The number of rotatable bonds is 0. The summed E-state index contributed by atoms with van der Waals surface area (Å²) in [6, 6.07) is 72.6. The number of fused-ring (bicyclic) bond motifs is 5. The highest BCUT2D eigenvalue weighted by molar-refractivity contribution is 5.82. The second-order valence-corrected chi connectivity index (χ2v) is 12.8. The molecule has 0 saturated heterocycles. The Morgan fingerprint density at radius 1 is 0.367 bits per heavy atom. The maximum atomic E-state index is 5.12. The van der Waals surface area contributed by atoms with Gasteiger partial charge in [0.25, 0.3) is 0 Å². The minimum atomic E-state index is 0. The number of allylic oxidation sites excluding steroid dienone is 1. The molecule has 4 heterocycles. The molecule has 7 aromatic carbocycles. The molecule has 0 N–H and O–H groups in total. The van der Waals surface area contributed by atoms with Gasteiger partial charge in [0.15, 0.2) is 12.0 Å². The number of oxazole rings is 1. The predicted molar refractivity (Wildman–Crippen MR) is 253 cm³/mol. The van der Waals surface area contributed by atoms with Crippen LogP contribution in [0.1, 0.15) is 18.6 Å². The van der Waals surface area contributed by atoms with Gasteiger partial charge < -0.3 is 8.83 Å². The number of pyridine rings is 2. The summed E-state index contributed by atoms with van der Waals surface area (Å²) in [5, 5.41) is 4.98. The molecule has 12 rings (SSSR count). The number of nitrogens with zero attached hydrogens (tertiary/aromatic N) is 3. The lowest BCUT2D eigenvalue weighted by atomic mass is 10.1. The highest BCUT2D eigenvalue weighted by Crippen LogP contribution is 2.18. The monoisotopic (exact) mass is 783 g/mol. The van der Waals surface area contributed by atoms with E-state index in [0.717, 1.165) is 34.0 Å². The van der Waals surface area contributed by atoms with Gasteiger partial charge in [-0.05, 0) is 76.9 Å². The summed E-state index contributed by atoms with van der Waals surface area (Å²) in [7, 11) is 0. The van der Waals surface area contributed by atoms with E-state index in [4.69, 9.17) is 8.83 Å². The minimum Gasteiger partial charge on any atom is -0.464 e. The zero-order chi connectivity index (χ0) is 40.4. The van der Waals surface area contributed by atoms with Gasteiger partial charge in [0.05, 0.1) is 11.8 Å². The lowest BCUT2D eigenvalue weighted by molar-refractivity contribution is 0.602. The minimum absolute atomic E-state index is 0. The van der Waals surface area contributed by atoms with E-state index in [1.54, 1.807) is 18.7 Å². The maximum absolute atomic E-state index is 5.12. The van der Waals surface area contributed by atoms with Gasteiger partial charge in [-0.3, -0.25) is 9.97 Å². The number of hydrogen-bond donors (Lipinski definition) is 0. The van der Waals surface area contributed by atoms with Gasteiger partial charge in [0, 0.05) is 29.4 Å². The van der Waals surface area contributed by atoms with Gasteiger partial charge in [0.2, 0.25) is 0 Å². The fraction of sp³-hybridized carbons (Fsp3) is 0.0364. The van der Waals surface area contributed by atoms with Gasteiger partial charge in [0.1, 0.15) is 11.1 Å². The molecule has 5 heteroatoms. The first-order valence-electron chi connectivity index (χ1n) is 19.4. The van der Waals surface area contributed by atoms with Crippen molar-refractivity contribution in [2.45, 2.75) is 13.8 Å². The highest BCUT2D eigenvalue weighted by atomic mass is 16.3. The number of aromatic nitrogens is 3. The third-order valence-electron chi connectivity index (χ3n) is 8.69. The van der Waals surface area contributed by atoms with E-state index in [1.165, 1.54) is 33.7 Å². The van der Waals surface area contributed by atoms with Crippen LogP contribution in [0.25, 0.3) is 49.8 Å². The maximum Gasteiger partial charge on any atom is 0.181 e. The highest BCUT2D eigenvalue weighted by Gasteiger charge is 2.00. The van der Waals surface area contributed by atoms with E-state index in [0.29, 0.717) is 0 Å². The normalized spacial score (nSPS) is 10.1. The molecule has 11 aromatic rings. The Kier molecular flexibility index (Phi) is 18.3. The van der Waals surface area contributed by atoms with Crippen LogP contribution in [0.5, 0.6) is 0 Å². The smallest absolute Gasteiger partial charge is 0.181 e. The summed E-state index contributed by atoms with van der Waals surface area (Å²) >= 11 is 0. The standard InChI is InChI=1S/C10H8.C9H7N.C9H8.C8H6O.C7H5NO.C6H6.C5H5N.CH4/c1-2-6-10-8-4-3-7-9(10)5-1;1-2-6-9-8(4-1)5-3-7-10-9;1-2-5-9-7-3-6-8(9)4-1;1-2-4-8-7(3-1)5-6-9-8;1-2-4-7-6(3-1)8-5-9-7;2*1-2-4-6-5-3-1;/h1-8H;1-7H;1-6H,7H2;1-6H;1-5H;1-6H;1-5H;1H4. The predicted octanol–water partition coefficient (Wildman–Crippen LogP) is 15.0. The van der Waals surface area contributed by atoms with Crippen LogP contribution < -0.4 is 0 Å². The summed E-state index contributed by atoms with van der Waals surface area (Å²) in [4.78, 5) is 11.9. The molecule has 0 radical (unpaired) electrons. The Balaban J connectivity index is 0.000000133. The van der Waals surface area contributed by atoms with Crippen LogP contribution in [-0.2, 0) is 6.42 Å². The van der Waals surface area contributed by atoms with Crippen molar-refractivity contribution < 1.29 is 8.83 Å². The van der Waals surface area contributed by atoms with Crippen molar-refractivity contribution in [3.8, 4) is 0 Å². The average molecular weight is 784 g/mol. The Labute approximate surface area is 353 Å². The zero-order valence-electron chi connectivity index (χ0n) is 32.7. The largest absolute Gasteiger partial charge is 0.464 e. The van der Waals surface area contributed by atoms with Crippen molar-refractivity contribution in [1.82, 2.24) is 15.0 Å². The van der Waals surface area contributed by atoms with Crippen molar-refractivity contribution in [3.05, 3.63) is 267 Å². The number of hydrogen-bond acceptors (Lipinski definition) is 5. The Morgan fingerprint density at radius 3 is 1.45 bits per heavy atom. The molecule has 0 aliphatic heterocycles. The fourth-order valence-electron chi connectivity index (χ4n) is 5.75. The first-order valence-corrected chi connectivity index (χ1v) is 19.4. The van der Waals surface area contributed by atoms with Crippen molar-refractivity contribution in [2.75, 3.05) is 0 Å². The quantitative estimate of drug-likeness (QED) is 0.153. The number of furan rings is 1. The van der Waals surface area contributed by atoms with Crippen molar-refractivity contribution in [2.24, 2.45) is 0 Å². The molecule has 0 fully saturated rings. The van der Waals surface area contributed by atoms with E-state index in [1.807, 2.05) is 140 Å². The molecule has 0 amide bonds. The first-order chi connectivity index (χ1) is 29.3. The van der Waals surface area contributed by atoms with Crippen LogP contribution in [0.15, 0.2) is 265 Å². The fourth-order valence-corrected chi connectivity index (χ4v) is 5.75. The third-order valence-corrected chi connectivity index (χ3v) is 8.69. The van der Waals surface area contributed by atoms with Crippen molar-refractivity contribution >= 4 is 49.8 Å². The first kappa shape index (κ1) is 43.2. The van der Waals surface area contributed by atoms with Crippen molar-refractivity contribution in [1.29, 1.82) is 0 Å². The molecule has 0 unspecified atom stereocenters. The lowest BCUT2D eigenvalue weighted by Gasteiger charge is -1.93. The Morgan fingerprint density at radius 2 is 0.883 bits per heavy atom. The Hall–Kier alpha value is -7.89. The van der Waals surface area contributed by atoms with Gasteiger partial charge in [-0.1, -0.05) is 189 Å². The molecule has 4 aromatic heterocycles. The average Bonchev–Trinajstić information content (AvgIpc) is 4.14. The van der Waals surface area contributed by atoms with E-state index in [-0.39, 0.29) is 7.43 Å². The van der Waals surface area contributed by atoms with E-state index in [2.05, 4.69) is 112 Å². The second kappa shape index (κ2) is 25.4. The SMILES string of the molecule is C.C1=Cc2ccccc2C1.c1ccc2ccccc2c1.c1ccc2ncccc2c1.c1ccc2occc2c1.c1ccc2ocnc2c1.c1ccccc1.c1ccncc1. The number of para-hydroxylation sites is 4. The van der Waals surface area contributed by atoms with Gasteiger partial charge in [-0.15, -0.1) is 0 Å². The summed E-state index contributed by atoms with van der Waals surface area (Å²) < 4.78 is 10.1. The molecule has 1 aliphatic carbocycles. The molecule has 60 heavy (non-hydrogen) atoms. The van der Waals surface area contributed by atoms with Gasteiger partial charge in [-0.25, -0.2) is 4.98 Å². The molecule has 0 bridgehead atoms. The van der Waals surface area contributed by atoms with E-state index in [9.17, 15) is 0 Å². The molecule has 5 nitrogen and oxygen atoms in total. The van der Waals surface area contributed by atoms with Crippen LogP contribution in [-0.4, -0.2) is 15.0 Å². The zero-order valence-corrected chi connectivity index (χ0v) is 32.7. The molecule has 0 saturated carbocycles. The van der Waals surface area contributed by atoms with Gasteiger partial charge in [-0.2, -0.15) is 0 Å². The summed E-state index contributed by atoms with van der Waals surface area (Å²) in [5.74, 6) is 0. The molecular weight excluding hydrogens is 735 g/mol. The Bertz CT molecular complexity index is 2420. The second-order valence-electron chi connectivity index (χ2n) is 12.8. The lowest BCUT2D eigenvalue weighted by Crippen LogP contribution is -1.76. The van der Waals surface area contributed by atoms with E-state index >= 15 is 0 Å². The molecule has 0 atom stereocenters.